The van der Waals surface area contributed by atoms with E-state index in [1.807, 2.05) is 22.6 Å². The Morgan fingerprint density at radius 2 is 2.25 bits per heavy atom. The highest BCUT2D eigenvalue weighted by Crippen LogP contribution is 2.03. The summed E-state index contributed by atoms with van der Waals surface area (Å²) >= 11 is 2.01. The fourth-order valence-corrected chi connectivity index (χ4v) is 0.880. The Hall–Kier alpha value is -0.120. The van der Waals surface area contributed by atoms with Gasteiger partial charge >= 0.3 is 0 Å². The van der Waals surface area contributed by atoms with Crippen molar-refractivity contribution in [1.29, 1.82) is 0 Å². The first-order valence-corrected chi connectivity index (χ1v) is 3.20. The Bertz CT molecular complexity index is 168. The van der Waals surface area contributed by atoms with Gasteiger partial charge in [-0.2, -0.15) is 0 Å². The van der Waals surface area contributed by atoms with E-state index < -0.39 is 0 Å². The number of hydrogen-bond donors (Lipinski definition) is 0. The van der Waals surface area contributed by atoms with Crippen molar-refractivity contribution in [2.75, 3.05) is 0 Å². The Morgan fingerprint density at radius 3 is 2.62 bits per heavy atom. The summed E-state index contributed by atoms with van der Waals surface area (Å²) in [6.45, 7) is 0. The van der Waals surface area contributed by atoms with Crippen LogP contribution in [0.1, 0.15) is 0 Å². The Labute approximate surface area is 60.9 Å². The highest BCUT2D eigenvalue weighted by molar-refractivity contribution is 14.1. The van der Waals surface area contributed by atoms with Gasteiger partial charge in [0.05, 0.1) is 0 Å². The molecule has 1 rings (SSSR count). The van der Waals surface area contributed by atoms with E-state index in [-0.39, 0.29) is 5.82 Å². The predicted octanol–water partition coefficient (Wildman–Crippen LogP) is 2.23. The highest BCUT2D eigenvalue weighted by atomic mass is 127. The molecule has 0 heterocycles. The standard InChI is InChI=1S/C6H3FI/c7-5-2-1-3-6(8)4-5/h1-3H. The van der Waals surface area contributed by atoms with Crippen LogP contribution in [0.2, 0.25) is 0 Å². The van der Waals surface area contributed by atoms with Gasteiger partial charge in [-0.25, -0.2) is 4.39 Å². The molecule has 41 valence electrons. The van der Waals surface area contributed by atoms with Gasteiger partial charge in [-0.15, -0.1) is 0 Å². The summed E-state index contributed by atoms with van der Waals surface area (Å²) in [7, 11) is 0. The second-order valence-corrected chi connectivity index (χ2v) is 2.51. The number of benzene rings is 1. The maximum absolute atomic E-state index is 12.1. The largest absolute Gasteiger partial charge is 0.206 e. The fraction of sp³-hybridized carbons (Fsp3) is 0. The lowest BCUT2D eigenvalue weighted by atomic mass is 10.4. The van der Waals surface area contributed by atoms with E-state index in [0.29, 0.717) is 0 Å². The van der Waals surface area contributed by atoms with Gasteiger partial charge in [0.1, 0.15) is 5.82 Å². The number of halogens is 2. The van der Waals surface area contributed by atoms with Crippen molar-refractivity contribution < 1.29 is 4.39 Å². The Morgan fingerprint density at radius 1 is 1.50 bits per heavy atom. The summed E-state index contributed by atoms with van der Waals surface area (Å²) in [5.41, 5.74) is 0. The molecule has 2 heteroatoms. The normalized spacial score (nSPS) is 9.25. The molecule has 8 heavy (non-hydrogen) atoms. The molecule has 0 nitrogen and oxygen atoms in total. The molecule has 1 radical (unpaired) electrons. The van der Waals surface area contributed by atoms with Crippen LogP contribution in [-0.2, 0) is 0 Å². The molecule has 0 spiro atoms. The first-order valence-electron chi connectivity index (χ1n) is 2.12. The first-order chi connectivity index (χ1) is 3.79. The van der Waals surface area contributed by atoms with Crippen molar-refractivity contribution in [2.45, 2.75) is 0 Å². The number of hydrogen-bond acceptors (Lipinski definition) is 0. The lowest BCUT2D eigenvalue weighted by molar-refractivity contribution is 0.624. The van der Waals surface area contributed by atoms with Gasteiger partial charge in [-0.3, -0.25) is 0 Å². The van der Waals surface area contributed by atoms with Crippen LogP contribution in [0.15, 0.2) is 18.2 Å². The van der Waals surface area contributed by atoms with Gasteiger partial charge in [0.25, 0.3) is 0 Å². The molecule has 0 saturated carbocycles. The van der Waals surface area contributed by atoms with E-state index in [4.69, 9.17) is 0 Å². The van der Waals surface area contributed by atoms with Crippen LogP contribution in [0.5, 0.6) is 0 Å². The van der Waals surface area contributed by atoms with E-state index in [1.54, 1.807) is 12.1 Å². The van der Waals surface area contributed by atoms with Crippen LogP contribution in [0.4, 0.5) is 4.39 Å². The summed E-state index contributed by atoms with van der Waals surface area (Å²) in [5, 5.41) is 0. The molecule has 0 bridgehead atoms. The second kappa shape index (κ2) is 2.44. The van der Waals surface area contributed by atoms with Crippen LogP contribution < -0.4 is 0 Å². The van der Waals surface area contributed by atoms with Crippen molar-refractivity contribution in [3.63, 3.8) is 0 Å². The van der Waals surface area contributed by atoms with Gasteiger partial charge in [-0.05, 0) is 34.7 Å². The van der Waals surface area contributed by atoms with E-state index in [1.165, 1.54) is 6.07 Å². The number of rotatable bonds is 0. The van der Waals surface area contributed by atoms with Crippen LogP contribution >= 0.6 is 22.6 Å². The molecular formula is C6H3FI. The average Bonchev–Trinajstić information content (AvgIpc) is 1.64. The van der Waals surface area contributed by atoms with Gasteiger partial charge in [-0.1, -0.05) is 6.07 Å². The summed E-state index contributed by atoms with van der Waals surface area (Å²) in [5.74, 6) is -0.295. The van der Waals surface area contributed by atoms with E-state index in [2.05, 4.69) is 6.07 Å². The summed E-state index contributed by atoms with van der Waals surface area (Å²) < 4.78 is 12.9. The smallest absolute Gasteiger partial charge is 0.132 e. The van der Waals surface area contributed by atoms with Crippen LogP contribution in [-0.4, -0.2) is 0 Å². The highest BCUT2D eigenvalue weighted by Gasteiger charge is 1.87. The van der Waals surface area contributed by atoms with Crippen LogP contribution in [0.3, 0.4) is 0 Å². The zero-order valence-electron chi connectivity index (χ0n) is 3.99. The van der Waals surface area contributed by atoms with Crippen molar-refractivity contribution in [2.24, 2.45) is 0 Å². The molecule has 0 aromatic heterocycles. The van der Waals surface area contributed by atoms with Gasteiger partial charge < -0.3 is 0 Å². The molecule has 0 unspecified atom stereocenters. The molecule has 1 aromatic rings. The molecule has 0 saturated heterocycles. The topological polar surface area (TPSA) is 0 Å². The average molecular weight is 221 g/mol. The van der Waals surface area contributed by atoms with Gasteiger partial charge in [0.2, 0.25) is 0 Å². The Balaban J connectivity index is 3.08. The molecular weight excluding hydrogens is 218 g/mol. The quantitative estimate of drug-likeness (QED) is 0.589. The molecule has 0 aliphatic heterocycles. The molecule has 0 amide bonds. The predicted molar refractivity (Wildman–Crippen MR) is 38.0 cm³/mol. The second-order valence-electron chi connectivity index (χ2n) is 1.35. The minimum atomic E-state index is -0.295. The molecule has 0 atom stereocenters. The van der Waals surface area contributed by atoms with Crippen molar-refractivity contribution in [3.8, 4) is 0 Å². The van der Waals surface area contributed by atoms with Crippen molar-refractivity contribution in [1.82, 2.24) is 0 Å². The SMILES string of the molecule is Fc1[c]c(I)ccc1. The fourth-order valence-electron chi connectivity index (χ4n) is 0.414. The van der Waals surface area contributed by atoms with Crippen molar-refractivity contribution >= 4 is 22.6 Å². The Kier molecular flexibility index (Phi) is 1.83. The molecule has 0 aliphatic carbocycles. The van der Waals surface area contributed by atoms with Crippen LogP contribution in [0.25, 0.3) is 0 Å². The third-order valence-corrected chi connectivity index (χ3v) is 1.35. The minimum Gasteiger partial charge on any atom is -0.206 e. The van der Waals surface area contributed by atoms with E-state index in [9.17, 15) is 4.39 Å². The molecule has 0 N–H and O–H groups in total. The maximum Gasteiger partial charge on any atom is 0.132 e. The third-order valence-electron chi connectivity index (χ3n) is 0.724. The van der Waals surface area contributed by atoms with Crippen LogP contribution in [0, 0.1) is 15.5 Å². The maximum atomic E-state index is 12.1. The lowest BCUT2D eigenvalue weighted by Crippen LogP contribution is -1.73. The molecule has 1 aromatic carbocycles. The first kappa shape index (κ1) is 6.01. The third kappa shape index (κ3) is 1.43. The zero-order valence-corrected chi connectivity index (χ0v) is 6.15. The summed E-state index contributed by atoms with van der Waals surface area (Å²) in [6.07, 6.45) is 0. The molecule has 0 aliphatic rings. The van der Waals surface area contributed by atoms with E-state index >= 15 is 0 Å². The summed E-state index contributed by atoms with van der Waals surface area (Å²) in [6, 6.07) is 7.32. The van der Waals surface area contributed by atoms with E-state index in [0.717, 1.165) is 3.57 Å². The van der Waals surface area contributed by atoms with Gasteiger partial charge in [0.15, 0.2) is 0 Å². The van der Waals surface area contributed by atoms with Gasteiger partial charge in [0, 0.05) is 9.64 Å². The molecule has 0 fully saturated rings. The monoisotopic (exact) mass is 221 g/mol. The lowest BCUT2D eigenvalue weighted by Gasteiger charge is -1.84. The van der Waals surface area contributed by atoms with Crippen molar-refractivity contribution in [3.05, 3.63) is 33.7 Å². The summed E-state index contributed by atoms with van der Waals surface area (Å²) in [4.78, 5) is 0. The minimum absolute atomic E-state index is 0.295. The zero-order chi connectivity index (χ0) is 5.98.